The summed E-state index contributed by atoms with van der Waals surface area (Å²) < 4.78 is 0. The number of halogens is 2. The van der Waals surface area contributed by atoms with Crippen LogP contribution in [-0.4, -0.2) is 11.3 Å². The van der Waals surface area contributed by atoms with Crippen molar-refractivity contribution in [2.45, 2.75) is 6.92 Å². The third-order valence-corrected chi connectivity index (χ3v) is 3.65. The van der Waals surface area contributed by atoms with Crippen molar-refractivity contribution in [1.29, 1.82) is 0 Å². The average Bonchev–Trinajstić information content (AvgIpc) is 2.43. The van der Waals surface area contributed by atoms with Crippen LogP contribution in [0.4, 0.5) is 5.69 Å². The maximum absolute atomic E-state index is 6.06. The highest BCUT2D eigenvalue weighted by Gasteiger charge is 2.01. The normalized spacial score (nSPS) is 10.6. The van der Waals surface area contributed by atoms with Gasteiger partial charge in [-0.15, -0.1) is 0 Å². The van der Waals surface area contributed by atoms with Crippen LogP contribution >= 0.6 is 35.4 Å². The number of anilines is 1. The van der Waals surface area contributed by atoms with Crippen molar-refractivity contribution in [2.75, 3.05) is 5.32 Å². The van der Waals surface area contributed by atoms with Crippen molar-refractivity contribution < 1.29 is 0 Å². The molecule has 0 atom stereocenters. The van der Waals surface area contributed by atoms with Crippen LogP contribution in [0.25, 0.3) is 0 Å². The summed E-state index contributed by atoms with van der Waals surface area (Å²) >= 11 is 17.1. The molecule has 0 unspecified atom stereocenters. The first-order valence-electron chi connectivity index (χ1n) is 6.17. The Labute approximate surface area is 139 Å². The van der Waals surface area contributed by atoms with Gasteiger partial charge in [-0.2, -0.15) is 5.10 Å². The second-order valence-electron chi connectivity index (χ2n) is 4.34. The van der Waals surface area contributed by atoms with E-state index in [1.54, 1.807) is 18.3 Å². The predicted octanol–water partition coefficient (Wildman–Crippen LogP) is 4.62. The minimum atomic E-state index is 0.398. The molecule has 0 fully saturated rings. The number of rotatable bonds is 3. The van der Waals surface area contributed by atoms with Crippen LogP contribution in [0.2, 0.25) is 10.0 Å². The zero-order valence-electron chi connectivity index (χ0n) is 11.2. The second kappa shape index (κ2) is 7.41. The molecule has 0 spiro atoms. The first-order chi connectivity index (χ1) is 10.1. The Kier molecular flexibility index (Phi) is 5.56. The summed E-state index contributed by atoms with van der Waals surface area (Å²) in [4.78, 5) is 0. The lowest BCUT2D eigenvalue weighted by atomic mass is 10.2. The third-order valence-electron chi connectivity index (χ3n) is 2.63. The Morgan fingerprint density at radius 3 is 2.71 bits per heavy atom. The van der Waals surface area contributed by atoms with Crippen molar-refractivity contribution in [3.05, 3.63) is 63.6 Å². The summed E-state index contributed by atoms with van der Waals surface area (Å²) in [6.07, 6.45) is 1.57. The van der Waals surface area contributed by atoms with Crippen LogP contribution in [0.5, 0.6) is 0 Å². The van der Waals surface area contributed by atoms with Crippen molar-refractivity contribution in [3.63, 3.8) is 0 Å². The summed E-state index contributed by atoms with van der Waals surface area (Å²) in [6, 6.07) is 13.2. The van der Waals surface area contributed by atoms with Gasteiger partial charge in [0.05, 0.1) is 16.3 Å². The van der Waals surface area contributed by atoms with Gasteiger partial charge in [0.25, 0.3) is 0 Å². The lowest BCUT2D eigenvalue weighted by molar-refractivity contribution is 1.05. The molecule has 6 heteroatoms. The molecule has 0 aliphatic heterocycles. The highest BCUT2D eigenvalue weighted by Crippen LogP contribution is 2.24. The molecule has 21 heavy (non-hydrogen) atoms. The molecule has 0 aromatic heterocycles. The Hall–Kier alpha value is -1.62. The molecule has 2 N–H and O–H groups in total. The van der Waals surface area contributed by atoms with Crippen molar-refractivity contribution in [3.8, 4) is 0 Å². The maximum atomic E-state index is 6.06. The van der Waals surface area contributed by atoms with Crippen molar-refractivity contribution in [1.82, 2.24) is 5.43 Å². The van der Waals surface area contributed by atoms with E-state index < -0.39 is 0 Å². The van der Waals surface area contributed by atoms with Gasteiger partial charge in [-0.25, -0.2) is 0 Å². The van der Waals surface area contributed by atoms with Crippen LogP contribution in [0.15, 0.2) is 47.6 Å². The van der Waals surface area contributed by atoms with Crippen LogP contribution < -0.4 is 10.7 Å². The Balaban J connectivity index is 1.95. The summed E-state index contributed by atoms with van der Waals surface area (Å²) in [7, 11) is 0. The fourth-order valence-corrected chi connectivity index (χ4v) is 2.19. The molecule has 0 saturated carbocycles. The van der Waals surface area contributed by atoms with Gasteiger partial charge in [0, 0.05) is 11.3 Å². The molecule has 0 radical (unpaired) electrons. The number of aryl methyl sites for hydroxylation is 1. The van der Waals surface area contributed by atoms with Gasteiger partial charge in [-0.05, 0) is 42.9 Å². The summed E-state index contributed by atoms with van der Waals surface area (Å²) in [5, 5.41) is 8.43. The average molecular weight is 338 g/mol. The number of benzene rings is 2. The predicted molar refractivity (Wildman–Crippen MR) is 94.6 cm³/mol. The van der Waals surface area contributed by atoms with Gasteiger partial charge >= 0.3 is 0 Å². The zero-order chi connectivity index (χ0) is 15.2. The highest BCUT2D eigenvalue weighted by atomic mass is 35.5. The monoisotopic (exact) mass is 337 g/mol. The first kappa shape index (κ1) is 15.8. The fraction of sp³-hybridized carbons (Fsp3) is 0.0667. The number of nitrogens with zero attached hydrogens (tertiary/aromatic N) is 1. The second-order valence-corrected chi connectivity index (χ2v) is 5.53. The summed E-state index contributed by atoms with van der Waals surface area (Å²) in [5.41, 5.74) is 5.51. The topological polar surface area (TPSA) is 36.4 Å². The zero-order valence-corrected chi connectivity index (χ0v) is 13.6. The van der Waals surface area contributed by atoms with Crippen LogP contribution in [0.3, 0.4) is 0 Å². The van der Waals surface area contributed by atoms with Gasteiger partial charge in [-0.1, -0.05) is 47.5 Å². The minimum absolute atomic E-state index is 0.398. The molecule has 2 rings (SSSR count). The number of thiocarbonyl (C=S) groups is 1. The maximum Gasteiger partial charge on any atom is 0.191 e. The van der Waals surface area contributed by atoms with Gasteiger partial charge < -0.3 is 5.32 Å². The molecular formula is C15H13Cl2N3S. The molecule has 0 aliphatic rings. The van der Waals surface area contributed by atoms with E-state index >= 15 is 0 Å². The molecule has 0 bridgehead atoms. The van der Waals surface area contributed by atoms with Crippen LogP contribution in [-0.2, 0) is 0 Å². The van der Waals surface area contributed by atoms with Gasteiger partial charge in [0.2, 0.25) is 0 Å². The number of nitrogens with one attached hydrogen (secondary N) is 2. The van der Waals surface area contributed by atoms with Crippen LogP contribution in [0, 0.1) is 6.92 Å². The Morgan fingerprint density at radius 1 is 1.19 bits per heavy atom. The first-order valence-corrected chi connectivity index (χ1v) is 7.33. The summed E-state index contributed by atoms with van der Waals surface area (Å²) in [5.74, 6) is 0. The third kappa shape index (κ3) is 4.70. The standard InChI is InChI=1S/C15H13Cl2N3S/c1-10-4-2-6-12(8-10)19-15(21)20-18-9-11-5-3-7-13(16)14(11)17/h2-9H,1H3,(H2,19,20,21)/b18-9+. The molecule has 0 heterocycles. The van der Waals surface area contributed by atoms with E-state index in [4.69, 9.17) is 35.4 Å². The largest absolute Gasteiger partial charge is 0.331 e. The van der Waals surface area contributed by atoms with Crippen molar-refractivity contribution in [2.24, 2.45) is 5.10 Å². The molecule has 2 aromatic carbocycles. The van der Waals surface area contributed by atoms with E-state index in [1.165, 1.54) is 0 Å². The fourth-order valence-electron chi connectivity index (χ4n) is 1.66. The van der Waals surface area contributed by atoms with E-state index in [0.29, 0.717) is 15.2 Å². The number of hydrogen-bond acceptors (Lipinski definition) is 2. The highest BCUT2D eigenvalue weighted by molar-refractivity contribution is 7.80. The number of hydrazone groups is 1. The molecule has 0 aliphatic carbocycles. The van der Waals surface area contributed by atoms with E-state index in [9.17, 15) is 0 Å². The number of hydrogen-bond donors (Lipinski definition) is 2. The lowest BCUT2D eigenvalue weighted by Gasteiger charge is -2.07. The molecule has 2 aromatic rings. The lowest BCUT2D eigenvalue weighted by Crippen LogP contribution is -2.23. The van der Waals surface area contributed by atoms with E-state index in [2.05, 4.69) is 15.8 Å². The molecule has 108 valence electrons. The van der Waals surface area contributed by atoms with E-state index in [-0.39, 0.29) is 0 Å². The van der Waals surface area contributed by atoms with Crippen LogP contribution in [0.1, 0.15) is 11.1 Å². The molecule has 3 nitrogen and oxygen atoms in total. The Morgan fingerprint density at radius 2 is 1.95 bits per heavy atom. The summed E-state index contributed by atoms with van der Waals surface area (Å²) in [6.45, 7) is 2.01. The van der Waals surface area contributed by atoms with E-state index in [0.717, 1.165) is 16.8 Å². The molecular weight excluding hydrogens is 325 g/mol. The van der Waals surface area contributed by atoms with E-state index in [1.807, 2.05) is 37.3 Å². The van der Waals surface area contributed by atoms with Crippen molar-refractivity contribution >= 4 is 52.4 Å². The van der Waals surface area contributed by atoms with Gasteiger partial charge in [0.15, 0.2) is 5.11 Å². The Bertz CT molecular complexity index is 686. The molecule has 0 saturated heterocycles. The molecule has 0 amide bonds. The SMILES string of the molecule is Cc1cccc(NC(=S)N/N=C/c2cccc(Cl)c2Cl)c1. The van der Waals surface area contributed by atoms with Gasteiger partial charge in [-0.3, -0.25) is 5.43 Å². The van der Waals surface area contributed by atoms with Gasteiger partial charge in [0.1, 0.15) is 0 Å². The minimum Gasteiger partial charge on any atom is -0.331 e. The quantitative estimate of drug-likeness (QED) is 0.487. The smallest absolute Gasteiger partial charge is 0.191 e.